The van der Waals surface area contributed by atoms with Crippen LogP contribution in [0.4, 0.5) is 0 Å². The van der Waals surface area contributed by atoms with Gasteiger partial charge in [0, 0.05) is 32.2 Å². The van der Waals surface area contributed by atoms with Crippen LogP contribution in [-0.4, -0.2) is 56.7 Å². The van der Waals surface area contributed by atoms with Crippen molar-refractivity contribution in [3.05, 3.63) is 23.3 Å². The molecule has 5 heteroatoms. The highest BCUT2D eigenvalue weighted by atomic mass is 35.5. The summed E-state index contributed by atoms with van der Waals surface area (Å²) in [7, 11) is 3.47. The Bertz CT molecular complexity index is 640. The summed E-state index contributed by atoms with van der Waals surface area (Å²) in [6.07, 6.45) is 15.2. The predicted octanol–water partition coefficient (Wildman–Crippen LogP) is 6.26. The molecule has 3 rings (SSSR count). The lowest BCUT2D eigenvalue weighted by Crippen LogP contribution is -2.51. The lowest BCUT2D eigenvalue weighted by Gasteiger charge is -2.45. The van der Waals surface area contributed by atoms with Crippen LogP contribution in [0.5, 0.6) is 11.5 Å². The molecular weight excluding hydrogens is 408 g/mol. The molecule has 0 amide bonds. The number of piperazine rings is 1. The van der Waals surface area contributed by atoms with Crippen LogP contribution in [0.25, 0.3) is 0 Å². The third kappa shape index (κ3) is 7.54. The maximum absolute atomic E-state index is 5.59. The minimum absolute atomic E-state index is 0. The fourth-order valence-corrected chi connectivity index (χ4v) is 5.19. The van der Waals surface area contributed by atoms with Crippen molar-refractivity contribution in [1.29, 1.82) is 0 Å². The standard InChI is InChI=1S/C26H44N2O2.ClH/c1-4-5-6-7-8-9-10-11-12-13-15-27-17-18-28-16-14-22-19-25(29-2)26(30-3)20-23(22)24(28)21-27;/h19-20,24H,4-18,21H2,1-3H3;1H. The molecular formula is C26H45ClN2O2. The van der Waals surface area contributed by atoms with Crippen molar-refractivity contribution in [2.75, 3.05) is 46.9 Å². The fourth-order valence-electron chi connectivity index (χ4n) is 5.19. The number of hydrogen-bond donors (Lipinski definition) is 0. The van der Waals surface area contributed by atoms with Gasteiger partial charge in [-0.05, 0) is 42.6 Å². The molecule has 0 N–H and O–H groups in total. The van der Waals surface area contributed by atoms with Crippen LogP contribution < -0.4 is 9.47 Å². The molecule has 2 aliphatic rings. The van der Waals surface area contributed by atoms with Crippen molar-refractivity contribution >= 4 is 12.4 Å². The van der Waals surface area contributed by atoms with Gasteiger partial charge in [0.25, 0.3) is 0 Å². The topological polar surface area (TPSA) is 24.9 Å². The van der Waals surface area contributed by atoms with Gasteiger partial charge in [0.1, 0.15) is 0 Å². The molecule has 0 spiro atoms. The molecule has 1 saturated heterocycles. The molecule has 1 fully saturated rings. The van der Waals surface area contributed by atoms with Gasteiger partial charge in [-0.1, -0.05) is 64.7 Å². The zero-order valence-electron chi connectivity index (χ0n) is 20.2. The Morgan fingerprint density at radius 2 is 1.42 bits per heavy atom. The van der Waals surface area contributed by atoms with Gasteiger partial charge in [-0.3, -0.25) is 4.90 Å². The molecule has 31 heavy (non-hydrogen) atoms. The number of unbranched alkanes of at least 4 members (excludes halogenated alkanes) is 9. The first-order chi connectivity index (χ1) is 14.8. The number of ether oxygens (including phenoxy) is 2. The van der Waals surface area contributed by atoms with E-state index in [1.165, 1.54) is 102 Å². The van der Waals surface area contributed by atoms with Gasteiger partial charge in [0.2, 0.25) is 0 Å². The quantitative estimate of drug-likeness (QED) is 0.329. The van der Waals surface area contributed by atoms with Crippen molar-refractivity contribution in [3.63, 3.8) is 0 Å². The lowest BCUT2D eigenvalue weighted by molar-refractivity contribution is 0.0660. The minimum atomic E-state index is 0. The third-order valence-electron chi connectivity index (χ3n) is 7.08. The number of fused-ring (bicyclic) bond motifs is 3. The van der Waals surface area contributed by atoms with Crippen molar-refractivity contribution in [1.82, 2.24) is 9.80 Å². The average Bonchev–Trinajstić information content (AvgIpc) is 2.79. The Labute approximate surface area is 197 Å². The van der Waals surface area contributed by atoms with Crippen LogP contribution in [0.1, 0.15) is 88.3 Å². The summed E-state index contributed by atoms with van der Waals surface area (Å²) in [5.74, 6) is 1.73. The molecule has 0 aliphatic carbocycles. The number of methoxy groups -OCH3 is 2. The van der Waals surface area contributed by atoms with E-state index >= 15 is 0 Å². The van der Waals surface area contributed by atoms with Gasteiger partial charge in [0.05, 0.1) is 14.2 Å². The van der Waals surface area contributed by atoms with Gasteiger partial charge in [-0.25, -0.2) is 0 Å². The molecule has 1 aromatic carbocycles. The summed E-state index contributed by atoms with van der Waals surface area (Å²) >= 11 is 0. The van der Waals surface area contributed by atoms with Gasteiger partial charge < -0.3 is 14.4 Å². The largest absolute Gasteiger partial charge is 0.493 e. The summed E-state index contributed by atoms with van der Waals surface area (Å²) < 4.78 is 11.1. The summed E-state index contributed by atoms with van der Waals surface area (Å²) in [6, 6.07) is 4.94. The van der Waals surface area contributed by atoms with E-state index in [9.17, 15) is 0 Å². The van der Waals surface area contributed by atoms with Gasteiger partial charge in [-0.15, -0.1) is 12.4 Å². The van der Waals surface area contributed by atoms with Crippen LogP contribution in [-0.2, 0) is 6.42 Å². The number of hydrogen-bond acceptors (Lipinski definition) is 4. The zero-order valence-corrected chi connectivity index (χ0v) is 21.0. The van der Waals surface area contributed by atoms with Crippen LogP contribution >= 0.6 is 12.4 Å². The predicted molar refractivity (Wildman–Crippen MR) is 133 cm³/mol. The van der Waals surface area contributed by atoms with Crippen LogP contribution in [0.15, 0.2) is 12.1 Å². The molecule has 0 bridgehead atoms. The molecule has 2 aliphatic heterocycles. The molecule has 1 unspecified atom stereocenters. The highest BCUT2D eigenvalue weighted by Gasteiger charge is 2.33. The second-order valence-corrected chi connectivity index (χ2v) is 9.19. The van der Waals surface area contributed by atoms with E-state index in [1.54, 1.807) is 14.2 Å². The Morgan fingerprint density at radius 1 is 0.806 bits per heavy atom. The SMILES string of the molecule is CCCCCCCCCCCCN1CCN2CCc3cc(OC)c(OC)cc3C2C1.Cl. The lowest BCUT2D eigenvalue weighted by atomic mass is 9.90. The van der Waals surface area contributed by atoms with Crippen molar-refractivity contribution < 1.29 is 9.47 Å². The zero-order chi connectivity index (χ0) is 21.2. The van der Waals surface area contributed by atoms with Crippen LogP contribution in [0, 0.1) is 0 Å². The molecule has 0 saturated carbocycles. The maximum Gasteiger partial charge on any atom is 0.161 e. The smallest absolute Gasteiger partial charge is 0.161 e. The van der Waals surface area contributed by atoms with Crippen LogP contribution in [0.2, 0.25) is 0 Å². The molecule has 2 heterocycles. The second kappa shape index (κ2) is 14.2. The second-order valence-electron chi connectivity index (χ2n) is 9.19. The number of halogens is 1. The minimum Gasteiger partial charge on any atom is -0.493 e. The Morgan fingerprint density at radius 3 is 2.06 bits per heavy atom. The molecule has 1 atom stereocenters. The highest BCUT2D eigenvalue weighted by Crippen LogP contribution is 2.39. The van der Waals surface area contributed by atoms with Gasteiger partial charge in [0.15, 0.2) is 11.5 Å². The third-order valence-corrected chi connectivity index (χ3v) is 7.08. The van der Waals surface area contributed by atoms with Crippen molar-refractivity contribution in [3.8, 4) is 11.5 Å². The van der Waals surface area contributed by atoms with E-state index in [-0.39, 0.29) is 12.4 Å². The normalized spacial score (nSPS) is 18.7. The van der Waals surface area contributed by atoms with E-state index in [0.29, 0.717) is 6.04 Å². The summed E-state index contributed by atoms with van der Waals surface area (Å²) in [6.45, 7) is 8.27. The summed E-state index contributed by atoms with van der Waals surface area (Å²) in [4.78, 5) is 5.36. The Balaban J connectivity index is 0.00000341. The Hall–Kier alpha value is -0.970. The van der Waals surface area contributed by atoms with E-state index < -0.39 is 0 Å². The number of nitrogens with zero attached hydrogens (tertiary/aromatic N) is 2. The van der Waals surface area contributed by atoms with E-state index in [2.05, 4.69) is 28.9 Å². The summed E-state index contributed by atoms with van der Waals surface area (Å²) in [5, 5.41) is 0. The number of benzene rings is 1. The molecule has 0 aromatic heterocycles. The molecule has 0 radical (unpaired) electrons. The molecule has 1 aromatic rings. The van der Waals surface area contributed by atoms with E-state index in [0.717, 1.165) is 24.5 Å². The first-order valence-corrected chi connectivity index (χ1v) is 12.5. The fraction of sp³-hybridized carbons (Fsp3) is 0.769. The summed E-state index contributed by atoms with van der Waals surface area (Å²) in [5.41, 5.74) is 2.89. The number of rotatable bonds is 13. The molecule has 4 nitrogen and oxygen atoms in total. The van der Waals surface area contributed by atoms with E-state index in [4.69, 9.17) is 9.47 Å². The molecule has 178 valence electrons. The van der Waals surface area contributed by atoms with Gasteiger partial charge in [-0.2, -0.15) is 0 Å². The van der Waals surface area contributed by atoms with E-state index in [1.807, 2.05) is 0 Å². The monoisotopic (exact) mass is 452 g/mol. The first kappa shape index (κ1) is 26.3. The maximum atomic E-state index is 5.59. The van der Waals surface area contributed by atoms with Crippen molar-refractivity contribution in [2.24, 2.45) is 0 Å². The average molecular weight is 453 g/mol. The highest BCUT2D eigenvalue weighted by molar-refractivity contribution is 5.85. The van der Waals surface area contributed by atoms with Crippen LogP contribution in [0.3, 0.4) is 0 Å². The van der Waals surface area contributed by atoms with Crippen molar-refractivity contribution in [2.45, 2.75) is 83.6 Å². The van der Waals surface area contributed by atoms with Gasteiger partial charge >= 0.3 is 0 Å². The Kier molecular flexibility index (Phi) is 12.1. The first-order valence-electron chi connectivity index (χ1n) is 12.5.